The lowest BCUT2D eigenvalue weighted by molar-refractivity contribution is 0.0888. The SMILES string of the molecule is [2H]c1nc(C)n(C([2H])([2H])C2C(=O)c3c(n(C)c4ccccc34)C([2H])([2H])C2([2H])[2H])c1[2H]. The molecule has 1 aliphatic carbocycles. The van der Waals surface area contributed by atoms with Gasteiger partial charge in [0.05, 0.1) is 5.48 Å². The number of imidazole rings is 1. The largest absolute Gasteiger partial charge is 0.347 e. The minimum atomic E-state index is -2.95. The number of aryl methyl sites for hydroxylation is 2. The van der Waals surface area contributed by atoms with Crippen molar-refractivity contribution in [1.82, 2.24) is 14.1 Å². The number of carbonyl (C=O) groups excluding carboxylic acids is 1. The Morgan fingerprint density at radius 1 is 1.50 bits per heavy atom. The maximum atomic E-state index is 13.6. The molecule has 4 nitrogen and oxygen atoms in total. The second kappa shape index (κ2) is 4.83. The number of ketones is 1. The highest BCUT2D eigenvalue weighted by atomic mass is 16.1. The van der Waals surface area contributed by atoms with E-state index in [9.17, 15) is 4.79 Å². The first kappa shape index (κ1) is 7.27. The zero-order chi connectivity index (χ0) is 22.4. The second-order valence-corrected chi connectivity index (χ2v) is 5.21. The van der Waals surface area contributed by atoms with Gasteiger partial charge in [-0.3, -0.25) is 4.79 Å². The summed E-state index contributed by atoms with van der Waals surface area (Å²) in [7, 11) is 1.55. The van der Waals surface area contributed by atoms with Gasteiger partial charge in [-0.2, -0.15) is 0 Å². The molecule has 0 bridgehead atoms. The van der Waals surface area contributed by atoms with E-state index in [1.165, 1.54) is 11.5 Å². The van der Waals surface area contributed by atoms with Crippen LogP contribution in [0.3, 0.4) is 0 Å². The highest BCUT2D eigenvalue weighted by Gasteiger charge is 2.32. The molecule has 1 aliphatic rings. The Balaban J connectivity index is 2.07. The molecule has 112 valence electrons. The Bertz CT molecular complexity index is 1210. The number of hydrogen-bond donors (Lipinski definition) is 0. The standard InChI is InChI=1S/C18H19N3O/c1-12-19-9-10-21(12)11-13-7-8-16-17(18(13)22)14-5-3-4-6-15(14)20(16)2/h3-6,9-10,13H,7-8,11H2,1-2H3/i7D2,8D2,9D,10D,11D2. The van der Waals surface area contributed by atoms with E-state index in [2.05, 4.69) is 4.98 Å². The number of para-hydroxylation sites is 1. The van der Waals surface area contributed by atoms with Crippen molar-refractivity contribution >= 4 is 16.7 Å². The highest BCUT2D eigenvalue weighted by molar-refractivity contribution is 6.11. The van der Waals surface area contributed by atoms with Crippen LogP contribution in [0.4, 0.5) is 0 Å². The van der Waals surface area contributed by atoms with Gasteiger partial charge in [-0.15, -0.1) is 0 Å². The van der Waals surface area contributed by atoms with Crippen LogP contribution in [0.1, 0.15) is 39.2 Å². The van der Waals surface area contributed by atoms with Gasteiger partial charge in [0.15, 0.2) is 5.78 Å². The van der Waals surface area contributed by atoms with E-state index >= 15 is 0 Å². The molecule has 22 heavy (non-hydrogen) atoms. The van der Waals surface area contributed by atoms with Crippen LogP contribution in [0, 0.1) is 12.8 Å². The molecule has 0 amide bonds. The summed E-state index contributed by atoms with van der Waals surface area (Å²) in [5.41, 5.74) is 0.336. The lowest BCUT2D eigenvalue weighted by Crippen LogP contribution is -2.27. The summed E-state index contributed by atoms with van der Waals surface area (Å²) < 4.78 is 69.4. The van der Waals surface area contributed by atoms with E-state index in [0.717, 1.165) is 0 Å². The first-order chi connectivity index (χ1) is 13.8. The summed E-state index contributed by atoms with van der Waals surface area (Å²) in [6, 6.07) is 6.70. The smallest absolute Gasteiger partial charge is 0.170 e. The zero-order valence-corrected chi connectivity index (χ0v) is 12.1. The fourth-order valence-electron chi connectivity index (χ4n) is 2.77. The molecule has 0 radical (unpaired) electrons. The van der Waals surface area contributed by atoms with E-state index in [-0.39, 0.29) is 17.1 Å². The maximum absolute atomic E-state index is 13.6. The van der Waals surface area contributed by atoms with Crippen molar-refractivity contribution in [2.24, 2.45) is 13.0 Å². The van der Waals surface area contributed by atoms with Crippen molar-refractivity contribution in [3.8, 4) is 0 Å². The fraction of sp³-hybridized carbons (Fsp3) is 0.333. The van der Waals surface area contributed by atoms with Gasteiger partial charge in [-0.25, -0.2) is 4.98 Å². The van der Waals surface area contributed by atoms with Gasteiger partial charge in [0.2, 0.25) is 0 Å². The minimum Gasteiger partial charge on any atom is -0.347 e. The number of fused-ring (bicyclic) bond motifs is 3. The molecule has 0 aliphatic heterocycles. The molecule has 0 saturated carbocycles. The van der Waals surface area contributed by atoms with Crippen molar-refractivity contribution in [2.75, 3.05) is 0 Å². The molecule has 4 rings (SSSR count). The summed E-state index contributed by atoms with van der Waals surface area (Å²) in [6.45, 7) is -1.48. The van der Waals surface area contributed by atoms with Crippen molar-refractivity contribution in [3.63, 3.8) is 0 Å². The Hall–Kier alpha value is -2.36. The molecule has 1 unspecified atom stereocenters. The number of carbonyl (C=O) groups is 1. The van der Waals surface area contributed by atoms with E-state index in [4.69, 9.17) is 11.0 Å². The minimum absolute atomic E-state index is 0.0579. The van der Waals surface area contributed by atoms with Gasteiger partial charge in [0.1, 0.15) is 5.82 Å². The number of hydrogen-bond acceptors (Lipinski definition) is 2. The summed E-state index contributed by atoms with van der Waals surface area (Å²) in [5, 5.41) is 0.412. The molecular formula is C18H19N3O. The summed E-state index contributed by atoms with van der Waals surface area (Å²) in [6.07, 6.45) is -6.77. The molecule has 0 N–H and O–H groups in total. The first-order valence-corrected chi connectivity index (χ1v) is 6.91. The molecule has 1 aromatic carbocycles. The molecule has 0 fully saturated rings. The van der Waals surface area contributed by atoms with E-state index < -0.39 is 43.3 Å². The molecule has 2 aromatic heterocycles. The van der Waals surface area contributed by atoms with Crippen molar-refractivity contribution in [1.29, 1.82) is 0 Å². The van der Waals surface area contributed by atoms with E-state index in [1.807, 2.05) is 0 Å². The Labute approximate surface area is 140 Å². The summed E-state index contributed by atoms with van der Waals surface area (Å²) in [4.78, 5) is 17.3. The topological polar surface area (TPSA) is 39.8 Å². The van der Waals surface area contributed by atoms with Gasteiger partial charge in [0.25, 0.3) is 0 Å². The number of aromatic nitrogens is 3. The molecule has 4 heteroatoms. The Morgan fingerprint density at radius 3 is 3.09 bits per heavy atom. The van der Waals surface area contributed by atoms with Crippen LogP contribution in [0.15, 0.2) is 36.6 Å². The third-order valence-corrected chi connectivity index (χ3v) is 3.91. The number of benzene rings is 1. The lowest BCUT2D eigenvalue weighted by Gasteiger charge is -2.23. The van der Waals surface area contributed by atoms with Crippen LogP contribution in [-0.2, 0) is 19.9 Å². The number of rotatable bonds is 2. The first-order valence-electron chi connectivity index (χ1n) is 10.9. The Kier molecular flexibility index (Phi) is 1.60. The number of nitrogens with zero attached hydrogens (tertiary/aromatic N) is 3. The normalized spacial score (nSPS) is 28.5. The van der Waals surface area contributed by atoms with Gasteiger partial charge in [-0.1, -0.05) is 18.2 Å². The van der Waals surface area contributed by atoms with Crippen molar-refractivity contribution in [3.05, 3.63) is 53.7 Å². The predicted molar refractivity (Wildman–Crippen MR) is 86.0 cm³/mol. The van der Waals surface area contributed by atoms with Crippen molar-refractivity contribution < 1.29 is 15.8 Å². The Morgan fingerprint density at radius 2 is 2.32 bits per heavy atom. The molecular weight excluding hydrogens is 274 g/mol. The fourth-order valence-corrected chi connectivity index (χ4v) is 2.77. The van der Waals surface area contributed by atoms with Crippen LogP contribution in [-0.4, -0.2) is 19.9 Å². The highest BCUT2D eigenvalue weighted by Crippen LogP contribution is 2.34. The third-order valence-electron chi connectivity index (χ3n) is 3.91. The van der Waals surface area contributed by atoms with Crippen LogP contribution in [0.25, 0.3) is 10.9 Å². The van der Waals surface area contributed by atoms with Gasteiger partial charge >= 0.3 is 0 Å². The average molecular weight is 301 g/mol. The van der Waals surface area contributed by atoms with E-state index in [0.29, 0.717) is 15.5 Å². The quantitative estimate of drug-likeness (QED) is 0.729. The van der Waals surface area contributed by atoms with Crippen molar-refractivity contribution in [2.45, 2.75) is 26.2 Å². The van der Waals surface area contributed by atoms with E-state index in [1.54, 1.807) is 31.3 Å². The average Bonchev–Trinajstić information content (AvgIpc) is 3.07. The van der Waals surface area contributed by atoms with Crippen LogP contribution in [0.5, 0.6) is 0 Å². The van der Waals surface area contributed by atoms with Crippen LogP contribution >= 0.6 is 0 Å². The molecule has 3 aromatic rings. The predicted octanol–water partition coefficient (Wildman–Crippen LogP) is 3.13. The molecule has 2 heterocycles. The summed E-state index contributed by atoms with van der Waals surface area (Å²) >= 11 is 0. The molecule has 0 spiro atoms. The van der Waals surface area contributed by atoms with Crippen LogP contribution < -0.4 is 0 Å². The van der Waals surface area contributed by atoms with Gasteiger partial charge in [0, 0.05) is 59.5 Å². The summed E-state index contributed by atoms with van der Waals surface area (Å²) in [5.74, 6) is -3.05. The molecule has 0 saturated heterocycles. The zero-order valence-electron chi connectivity index (χ0n) is 20.1. The monoisotopic (exact) mass is 301 g/mol. The second-order valence-electron chi connectivity index (χ2n) is 5.21. The van der Waals surface area contributed by atoms with Gasteiger partial charge in [-0.05, 0) is 25.7 Å². The van der Waals surface area contributed by atoms with Gasteiger partial charge < -0.3 is 9.13 Å². The molecule has 1 atom stereocenters. The number of Topliss-reactive ketones (excluding diaryl/α,β-unsaturated/α-hetero) is 1. The lowest BCUT2D eigenvalue weighted by atomic mass is 9.85. The third kappa shape index (κ3) is 1.83. The maximum Gasteiger partial charge on any atom is 0.170 e. The van der Waals surface area contributed by atoms with Crippen LogP contribution in [0.2, 0.25) is 0 Å².